The van der Waals surface area contributed by atoms with Gasteiger partial charge in [-0.3, -0.25) is 4.79 Å². The highest BCUT2D eigenvalue weighted by atomic mass is 32.2. The molecule has 3 rings (SSSR count). The average Bonchev–Trinajstić information content (AvgIpc) is 2.68. The molecule has 0 atom stereocenters. The van der Waals surface area contributed by atoms with Crippen molar-refractivity contribution in [3.63, 3.8) is 0 Å². The molecule has 144 valence electrons. The van der Waals surface area contributed by atoms with Crippen LogP contribution in [0.15, 0.2) is 53.4 Å². The summed E-state index contributed by atoms with van der Waals surface area (Å²) in [4.78, 5) is 14.9. The van der Waals surface area contributed by atoms with Crippen molar-refractivity contribution < 1.29 is 13.2 Å². The van der Waals surface area contributed by atoms with E-state index in [2.05, 4.69) is 17.1 Å². The molecule has 1 saturated heterocycles. The number of rotatable bonds is 5. The number of aryl methyl sites for hydroxylation is 1. The van der Waals surface area contributed by atoms with Crippen molar-refractivity contribution >= 4 is 21.6 Å². The Morgan fingerprint density at radius 3 is 2.22 bits per heavy atom. The van der Waals surface area contributed by atoms with Crippen LogP contribution < -0.4 is 5.32 Å². The number of anilines is 1. The summed E-state index contributed by atoms with van der Waals surface area (Å²) >= 11 is 0. The lowest BCUT2D eigenvalue weighted by molar-refractivity contribution is 0.102. The summed E-state index contributed by atoms with van der Waals surface area (Å²) in [6.45, 7) is 7.39. The van der Waals surface area contributed by atoms with Crippen LogP contribution in [0.1, 0.15) is 22.8 Å². The van der Waals surface area contributed by atoms with Gasteiger partial charge in [0.05, 0.1) is 4.90 Å². The molecule has 1 heterocycles. The largest absolute Gasteiger partial charge is 0.322 e. The fourth-order valence-electron chi connectivity index (χ4n) is 3.17. The molecule has 2 aromatic carbocycles. The van der Waals surface area contributed by atoms with Gasteiger partial charge in [-0.1, -0.05) is 25.1 Å². The van der Waals surface area contributed by atoms with Crippen molar-refractivity contribution in [1.82, 2.24) is 9.21 Å². The molecule has 0 unspecified atom stereocenters. The standard InChI is InChI=1S/C20H25N3O3S/c1-3-22-12-14-23(15-13-22)27(25,26)18-10-8-17(9-11-18)21-20(24)19-7-5-4-6-16(19)2/h4-11H,3,12-15H2,1-2H3,(H,21,24). The number of carbonyl (C=O) groups excluding carboxylic acids is 1. The zero-order chi connectivity index (χ0) is 19.4. The SMILES string of the molecule is CCN1CCN(S(=O)(=O)c2ccc(NC(=O)c3ccccc3C)cc2)CC1. The van der Waals surface area contributed by atoms with Crippen molar-refractivity contribution in [1.29, 1.82) is 0 Å². The van der Waals surface area contributed by atoms with E-state index < -0.39 is 10.0 Å². The Morgan fingerprint density at radius 2 is 1.63 bits per heavy atom. The maximum Gasteiger partial charge on any atom is 0.255 e. The molecule has 1 aliphatic heterocycles. The third-order valence-electron chi connectivity index (χ3n) is 4.92. The summed E-state index contributed by atoms with van der Waals surface area (Å²) < 4.78 is 27.1. The van der Waals surface area contributed by atoms with E-state index in [1.807, 2.05) is 25.1 Å². The molecule has 0 radical (unpaired) electrons. The van der Waals surface area contributed by atoms with Crippen LogP contribution in [-0.2, 0) is 10.0 Å². The van der Waals surface area contributed by atoms with E-state index in [-0.39, 0.29) is 10.8 Å². The van der Waals surface area contributed by atoms with Crippen LogP contribution in [0.4, 0.5) is 5.69 Å². The van der Waals surface area contributed by atoms with Gasteiger partial charge in [0.15, 0.2) is 0 Å². The smallest absolute Gasteiger partial charge is 0.255 e. The fourth-order valence-corrected chi connectivity index (χ4v) is 4.59. The monoisotopic (exact) mass is 387 g/mol. The molecule has 1 fully saturated rings. The van der Waals surface area contributed by atoms with Crippen LogP contribution in [0.3, 0.4) is 0 Å². The summed E-state index contributed by atoms with van der Waals surface area (Å²) in [5.74, 6) is -0.209. The highest BCUT2D eigenvalue weighted by Crippen LogP contribution is 2.20. The molecule has 0 saturated carbocycles. The second kappa shape index (κ2) is 8.21. The summed E-state index contributed by atoms with van der Waals surface area (Å²) in [6, 6.07) is 13.7. The Morgan fingerprint density at radius 1 is 1.00 bits per heavy atom. The molecule has 0 aromatic heterocycles. The first-order valence-electron chi connectivity index (χ1n) is 9.11. The third kappa shape index (κ3) is 4.37. The van der Waals surface area contributed by atoms with Gasteiger partial charge in [-0.15, -0.1) is 0 Å². The van der Waals surface area contributed by atoms with Gasteiger partial charge in [-0.25, -0.2) is 8.42 Å². The zero-order valence-corrected chi connectivity index (χ0v) is 16.5. The van der Waals surface area contributed by atoms with Gasteiger partial charge in [-0.05, 0) is 49.4 Å². The minimum Gasteiger partial charge on any atom is -0.322 e. The zero-order valence-electron chi connectivity index (χ0n) is 15.7. The van der Waals surface area contributed by atoms with Crippen LogP contribution in [-0.4, -0.2) is 56.3 Å². The minimum atomic E-state index is -3.50. The number of hydrogen-bond acceptors (Lipinski definition) is 4. The number of carbonyl (C=O) groups is 1. The van der Waals surface area contributed by atoms with E-state index in [0.717, 1.165) is 25.2 Å². The predicted octanol–water partition coefficient (Wildman–Crippen LogP) is 2.57. The molecule has 1 N–H and O–H groups in total. The molecular formula is C20H25N3O3S. The molecule has 0 spiro atoms. The maximum absolute atomic E-state index is 12.8. The number of benzene rings is 2. The molecule has 6 nitrogen and oxygen atoms in total. The van der Waals surface area contributed by atoms with Crippen molar-refractivity contribution in [3.05, 3.63) is 59.7 Å². The number of sulfonamides is 1. The van der Waals surface area contributed by atoms with Gasteiger partial charge in [0.2, 0.25) is 10.0 Å². The Balaban J connectivity index is 1.70. The molecule has 2 aromatic rings. The van der Waals surface area contributed by atoms with Gasteiger partial charge >= 0.3 is 0 Å². The molecule has 1 aliphatic rings. The van der Waals surface area contributed by atoms with Crippen LogP contribution >= 0.6 is 0 Å². The lowest BCUT2D eigenvalue weighted by atomic mass is 10.1. The Bertz CT molecular complexity index is 902. The van der Waals surface area contributed by atoms with Crippen LogP contribution in [0.5, 0.6) is 0 Å². The Labute approximate surface area is 160 Å². The van der Waals surface area contributed by atoms with Gasteiger partial charge in [-0.2, -0.15) is 4.31 Å². The molecule has 27 heavy (non-hydrogen) atoms. The summed E-state index contributed by atoms with van der Waals surface area (Å²) in [5.41, 5.74) is 2.06. The second-order valence-corrected chi connectivity index (χ2v) is 8.57. The highest BCUT2D eigenvalue weighted by molar-refractivity contribution is 7.89. The number of piperazine rings is 1. The first-order valence-corrected chi connectivity index (χ1v) is 10.6. The van der Waals surface area contributed by atoms with Crippen LogP contribution in [0, 0.1) is 6.92 Å². The number of likely N-dealkylation sites (N-methyl/N-ethyl adjacent to an activating group) is 1. The maximum atomic E-state index is 12.8. The Hall–Kier alpha value is -2.22. The quantitative estimate of drug-likeness (QED) is 0.856. The fraction of sp³-hybridized carbons (Fsp3) is 0.350. The topological polar surface area (TPSA) is 69.7 Å². The van der Waals surface area contributed by atoms with Gasteiger partial charge < -0.3 is 10.2 Å². The van der Waals surface area contributed by atoms with E-state index >= 15 is 0 Å². The van der Waals surface area contributed by atoms with E-state index in [1.165, 1.54) is 4.31 Å². The number of amides is 1. The first-order chi connectivity index (χ1) is 12.9. The predicted molar refractivity (Wildman–Crippen MR) is 106 cm³/mol. The van der Waals surface area contributed by atoms with E-state index in [1.54, 1.807) is 30.3 Å². The minimum absolute atomic E-state index is 0.209. The van der Waals surface area contributed by atoms with Gasteiger partial charge in [0, 0.05) is 37.4 Å². The summed E-state index contributed by atoms with van der Waals surface area (Å²) in [5, 5.41) is 2.82. The van der Waals surface area contributed by atoms with Crippen molar-refractivity contribution in [2.45, 2.75) is 18.7 Å². The third-order valence-corrected chi connectivity index (χ3v) is 6.83. The van der Waals surface area contributed by atoms with E-state index in [9.17, 15) is 13.2 Å². The second-order valence-electron chi connectivity index (χ2n) is 6.63. The summed E-state index contributed by atoms with van der Waals surface area (Å²) in [6.07, 6.45) is 0. The molecule has 7 heteroatoms. The molecule has 1 amide bonds. The van der Waals surface area contributed by atoms with Gasteiger partial charge in [0.1, 0.15) is 0 Å². The van der Waals surface area contributed by atoms with Crippen molar-refractivity contribution in [2.75, 3.05) is 38.0 Å². The van der Waals surface area contributed by atoms with Crippen LogP contribution in [0.2, 0.25) is 0 Å². The Kier molecular flexibility index (Phi) is 5.94. The highest BCUT2D eigenvalue weighted by Gasteiger charge is 2.27. The number of hydrogen-bond donors (Lipinski definition) is 1. The lowest BCUT2D eigenvalue weighted by Crippen LogP contribution is -2.48. The van der Waals surface area contributed by atoms with Crippen molar-refractivity contribution in [3.8, 4) is 0 Å². The average molecular weight is 388 g/mol. The van der Waals surface area contributed by atoms with Crippen molar-refractivity contribution in [2.24, 2.45) is 0 Å². The van der Waals surface area contributed by atoms with Crippen LogP contribution in [0.25, 0.3) is 0 Å². The van der Waals surface area contributed by atoms with Gasteiger partial charge in [0.25, 0.3) is 5.91 Å². The number of nitrogens with one attached hydrogen (secondary N) is 1. The molecule has 0 bridgehead atoms. The van der Waals surface area contributed by atoms with E-state index in [4.69, 9.17) is 0 Å². The molecular weight excluding hydrogens is 362 g/mol. The lowest BCUT2D eigenvalue weighted by Gasteiger charge is -2.33. The summed E-state index contributed by atoms with van der Waals surface area (Å²) in [7, 11) is -3.50. The number of nitrogens with zero attached hydrogens (tertiary/aromatic N) is 2. The first kappa shape index (κ1) is 19.5. The van der Waals surface area contributed by atoms with E-state index in [0.29, 0.717) is 24.3 Å². The normalized spacial score (nSPS) is 16.2. The molecule has 0 aliphatic carbocycles.